The molecule has 17 heavy (non-hydrogen) atoms. The van der Waals surface area contributed by atoms with Crippen LogP contribution in [-0.4, -0.2) is 7.05 Å². The van der Waals surface area contributed by atoms with Gasteiger partial charge in [-0.05, 0) is 29.7 Å². The molecule has 0 saturated carbocycles. The molecule has 2 aromatic carbocycles. The normalized spacial score (nSPS) is 15.5. The maximum absolute atomic E-state index is 2.27. The van der Waals surface area contributed by atoms with Gasteiger partial charge in [0.05, 0.1) is 0 Å². The standard InChI is InChI=1S/C16H15N/c1-17-15-11-4-2-7-13(15)9-6-10-14-8-3-5-12-16(14)17/h2-9,11-12H,10H2,1H3/b9-6-. The van der Waals surface area contributed by atoms with Crippen LogP contribution in [0.3, 0.4) is 0 Å². The average Bonchev–Trinajstić information content (AvgIpc) is 2.37. The summed E-state index contributed by atoms with van der Waals surface area (Å²) in [6.07, 6.45) is 5.45. The van der Waals surface area contributed by atoms with Crippen molar-refractivity contribution in [1.29, 1.82) is 0 Å². The van der Waals surface area contributed by atoms with Crippen LogP contribution in [0, 0.1) is 0 Å². The van der Waals surface area contributed by atoms with Crippen LogP contribution in [-0.2, 0) is 6.42 Å². The van der Waals surface area contributed by atoms with Gasteiger partial charge in [0, 0.05) is 18.4 Å². The molecule has 0 radical (unpaired) electrons. The van der Waals surface area contributed by atoms with Crippen LogP contribution in [0.25, 0.3) is 6.08 Å². The first kappa shape index (κ1) is 10.2. The number of benzene rings is 2. The monoisotopic (exact) mass is 221 g/mol. The molecule has 1 nitrogen and oxygen atoms in total. The fourth-order valence-electron chi connectivity index (χ4n) is 2.39. The summed E-state index contributed by atoms with van der Waals surface area (Å²) in [7, 11) is 2.14. The highest BCUT2D eigenvalue weighted by Crippen LogP contribution is 2.32. The van der Waals surface area contributed by atoms with Crippen molar-refractivity contribution >= 4 is 17.5 Å². The Balaban J connectivity index is 2.21. The molecule has 0 atom stereocenters. The quantitative estimate of drug-likeness (QED) is 0.649. The lowest BCUT2D eigenvalue weighted by molar-refractivity contribution is 1.14. The van der Waals surface area contributed by atoms with E-state index >= 15 is 0 Å². The van der Waals surface area contributed by atoms with Crippen molar-refractivity contribution in [1.82, 2.24) is 0 Å². The topological polar surface area (TPSA) is 3.24 Å². The van der Waals surface area contributed by atoms with Crippen LogP contribution >= 0.6 is 0 Å². The summed E-state index contributed by atoms with van der Waals surface area (Å²) < 4.78 is 0. The third kappa shape index (κ3) is 1.74. The number of allylic oxidation sites excluding steroid dienone is 1. The molecule has 3 rings (SSSR count). The van der Waals surface area contributed by atoms with Gasteiger partial charge in [0.15, 0.2) is 0 Å². The molecule has 0 N–H and O–H groups in total. The molecule has 0 unspecified atom stereocenters. The SMILES string of the molecule is CN1c2ccccc2/C=C\Cc2ccccc21. The molecule has 1 aliphatic heterocycles. The second kappa shape index (κ2) is 4.10. The predicted octanol–water partition coefficient (Wildman–Crippen LogP) is 4.02. The number of rotatable bonds is 0. The Morgan fingerprint density at radius 3 is 2.47 bits per heavy atom. The number of fused-ring (bicyclic) bond motifs is 2. The van der Waals surface area contributed by atoms with Gasteiger partial charge in [0.2, 0.25) is 0 Å². The Labute approximate surface area is 102 Å². The van der Waals surface area contributed by atoms with E-state index in [4.69, 9.17) is 0 Å². The van der Waals surface area contributed by atoms with Crippen LogP contribution in [0.5, 0.6) is 0 Å². The van der Waals surface area contributed by atoms with Crippen molar-refractivity contribution in [2.45, 2.75) is 6.42 Å². The van der Waals surface area contributed by atoms with E-state index in [2.05, 4.69) is 72.6 Å². The van der Waals surface area contributed by atoms with E-state index < -0.39 is 0 Å². The Bertz CT molecular complexity index is 569. The third-order valence-corrected chi connectivity index (χ3v) is 3.29. The van der Waals surface area contributed by atoms with Crippen molar-refractivity contribution in [3.8, 4) is 0 Å². The maximum atomic E-state index is 2.27. The number of hydrogen-bond acceptors (Lipinski definition) is 1. The van der Waals surface area contributed by atoms with Crippen molar-refractivity contribution < 1.29 is 0 Å². The summed E-state index contributed by atoms with van der Waals surface area (Å²) in [5, 5.41) is 0. The minimum Gasteiger partial charge on any atom is -0.344 e. The minimum atomic E-state index is 0.995. The molecule has 0 aliphatic carbocycles. The fraction of sp³-hybridized carbons (Fsp3) is 0.125. The third-order valence-electron chi connectivity index (χ3n) is 3.29. The lowest BCUT2D eigenvalue weighted by Crippen LogP contribution is -2.13. The van der Waals surface area contributed by atoms with Gasteiger partial charge in [-0.3, -0.25) is 0 Å². The second-order valence-electron chi connectivity index (χ2n) is 4.35. The average molecular weight is 221 g/mol. The first-order valence-electron chi connectivity index (χ1n) is 5.93. The first-order valence-corrected chi connectivity index (χ1v) is 5.93. The molecule has 1 heteroatoms. The van der Waals surface area contributed by atoms with Crippen LogP contribution in [0.4, 0.5) is 11.4 Å². The second-order valence-corrected chi connectivity index (χ2v) is 4.35. The summed E-state index contributed by atoms with van der Waals surface area (Å²) in [6.45, 7) is 0. The van der Waals surface area contributed by atoms with Crippen LogP contribution in [0.1, 0.15) is 11.1 Å². The molecular weight excluding hydrogens is 206 g/mol. The van der Waals surface area contributed by atoms with Crippen LogP contribution < -0.4 is 4.90 Å². The number of para-hydroxylation sites is 2. The lowest BCUT2D eigenvalue weighted by Gasteiger charge is -2.25. The highest BCUT2D eigenvalue weighted by Gasteiger charge is 2.12. The molecule has 84 valence electrons. The molecule has 0 fully saturated rings. The molecule has 0 aromatic heterocycles. The largest absolute Gasteiger partial charge is 0.344 e. The smallest absolute Gasteiger partial charge is 0.0481 e. The molecule has 2 aromatic rings. The Kier molecular flexibility index (Phi) is 2.45. The van der Waals surface area contributed by atoms with E-state index in [1.54, 1.807) is 0 Å². The van der Waals surface area contributed by atoms with Crippen molar-refractivity contribution in [3.05, 3.63) is 65.7 Å². The summed E-state index contributed by atoms with van der Waals surface area (Å²) in [5.74, 6) is 0. The van der Waals surface area contributed by atoms with Crippen molar-refractivity contribution in [3.63, 3.8) is 0 Å². The van der Waals surface area contributed by atoms with Crippen LogP contribution in [0.15, 0.2) is 54.6 Å². The van der Waals surface area contributed by atoms with E-state index in [0.717, 1.165) is 6.42 Å². The molecule has 0 bridgehead atoms. The fourth-order valence-corrected chi connectivity index (χ4v) is 2.39. The number of anilines is 2. The van der Waals surface area contributed by atoms with Gasteiger partial charge in [-0.25, -0.2) is 0 Å². The molecule has 1 heterocycles. The maximum Gasteiger partial charge on any atom is 0.0481 e. The molecule has 0 spiro atoms. The predicted molar refractivity (Wildman–Crippen MR) is 73.7 cm³/mol. The van der Waals surface area contributed by atoms with Gasteiger partial charge >= 0.3 is 0 Å². The van der Waals surface area contributed by atoms with Gasteiger partial charge in [-0.2, -0.15) is 0 Å². The molecule has 0 saturated heterocycles. The highest BCUT2D eigenvalue weighted by atomic mass is 15.1. The van der Waals surface area contributed by atoms with E-state index in [0.29, 0.717) is 0 Å². The number of nitrogens with zero attached hydrogens (tertiary/aromatic N) is 1. The first-order chi connectivity index (χ1) is 8.36. The van der Waals surface area contributed by atoms with E-state index in [9.17, 15) is 0 Å². The number of hydrogen-bond donors (Lipinski definition) is 0. The lowest BCUT2D eigenvalue weighted by atomic mass is 10.0. The Hall–Kier alpha value is -2.02. The van der Waals surface area contributed by atoms with Gasteiger partial charge < -0.3 is 4.90 Å². The molecule has 0 amide bonds. The van der Waals surface area contributed by atoms with E-state index in [-0.39, 0.29) is 0 Å². The van der Waals surface area contributed by atoms with Crippen LogP contribution in [0.2, 0.25) is 0 Å². The summed E-state index contributed by atoms with van der Waals surface area (Å²) in [5.41, 5.74) is 5.21. The zero-order valence-electron chi connectivity index (χ0n) is 9.93. The van der Waals surface area contributed by atoms with E-state index in [1.807, 2.05) is 0 Å². The Morgan fingerprint density at radius 2 is 1.59 bits per heavy atom. The van der Waals surface area contributed by atoms with E-state index in [1.165, 1.54) is 22.5 Å². The zero-order chi connectivity index (χ0) is 11.7. The zero-order valence-corrected chi connectivity index (χ0v) is 9.93. The molecular formula is C16H15N. The minimum absolute atomic E-state index is 0.995. The Morgan fingerprint density at radius 1 is 0.882 bits per heavy atom. The highest BCUT2D eigenvalue weighted by molar-refractivity contribution is 5.76. The van der Waals surface area contributed by atoms with Crippen molar-refractivity contribution in [2.75, 3.05) is 11.9 Å². The summed E-state index contributed by atoms with van der Waals surface area (Å²) in [6, 6.07) is 17.1. The summed E-state index contributed by atoms with van der Waals surface area (Å²) >= 11 is 0. The summed E-state index contributed by atoms with van der Waals surface area (Å²) in [4.78, 5) is 2.27. The van der Waals surface area contributed by atoms with Crippen molar-refractivity contribution in [2.24, 2.45) is 0 Å². The molecule has 1 aliphatic rings. The van der Waals surface area contributed by atoms with Gasteiger partial charge in [-0.1, -0.05) is 48.6 Å². The van der Waals surface area contributed by atoms with Gasteiger partial charge in [-0.15, -0.1) is 0 Å². The van der Waals surface area contributed by atoms with Gasteiger partial charge in [0.1, 0.15) is 0 Å². The van der Waals surface area contributed by atoms with Gasteiger partial charge in [0.25, 0.3) is 0 Å².